The van der Waals surface area contributed by atoms with Gasteiger partial charge in [-0.15, -0.1) is 0 Å². The number of para-hydroxylation sites is 2. The normalized spacial score (nSPS) is 11.1. The van der Waals surface area contributed by atoms with Crippen molar-refractivity contribution in [2.24, 2.45) is 0 Å². The molecular formula is C23H23ClN2O4S. The third-order valence-corrected chi connectivity index (χ3v) is 6.77. The Morgan fingerprint density at radius 2 is 1.68 bits per heavy atom. The summed E-state index contributed by atoms with van der Waals surface area (Å²) in [5, 5.41) is 3.16. The fourth-order valence-electron chi connectivity index (χ4n) is 3.06. The molecule has 0 heterocycles. The fourth-order valence-corrected chi connectivity index (χ4v) is 4.73. The molecule has 3 rings (SSSR count). The monoisotopic (exact) mass is 458 g/mol. The van der Waals surface area contributed by atoms with Gasteiger partial charge in [0.1, 0.15) is 12.3 Å². The van der Waals surface area contributed by atoms with Crippen molar-refractivity contribution in [1.82, 2.24) is 0 Å². The molecule has 3 aromatic rings. The van der Waals surface area contributed by atoms with Crippen molar-refractivity contribution in [3.63, 3.8) is 0 Å². The molecule has 0 saturated heterocycles. The Labute approximate surface area is 187 Å². The summed E-state index contributed by atoms with van der Waals surface area (Å²) < 4.78 is 33.5. The molecule has 0 fully saturated rings. The highest BCUT2D eigenvalue weighted by atomic mass is 35.5. The van der Waals surface area contributed by atoms with Crippen LogP contribution >= 0.6 is 11.6 Å². The summed E-state index contributed by atoms with van der Waals surface area (Å²) in [6.07, 6.45) is 0. The van der Waals surface area contributed by atoms with E-state index in [1.54, 1.807) is 67.6 Å². The van der Waals surface area contributed by atoms with Gasteiger partial charge in [0.2, 0.25) is 5.91 Å². The summed E-state index contributed by atoms with van der Waals surface area (Å²) in [5.74, 6) is 0.000729. The number of hydrogen-bond donors (Lipinski definition) is 1. The predicted octanol–water partition coefficient (Wildman–Crippen LogP) is 4.88. The first-order chi connectivity index (χ1) is 14.8. The van der Waals surface area contributed by atoms with E-state index in [1.165, 1.54) is 12.1 Å². The van der Waals surface area contributed by atoms with Crippen LogP contribution in [0.4, 0.5) is 11.4 Å². The Balaban J connectivity index is 1.98. The van der Waals surface area contributed by atoms with Gasteiger partial charge < -0.3 is 10.1 Å². The number of anilines is 2. The van der Waals surface area contributed by atoms with Crippen LogP contribution in [0.1, 0.15) is 12.5 Å². The third kappa shape index (κ3) is 5.18. The second kappa shape index (κ2) is 9.85. The lowest BCUT2D eigenvalue weighted by Gasteiger charge is -2.26. The zero-order valence-electron chi connectivity index (χ0n) is 17.2. The second-order valence-corrected chi connectivity index (χ2v) is 8.96. The van der Waals surface area contributed by atoms with Crippen molar-refractivity contribution >= 4 is 38.9 Å². The first-order valence-corrected chi connectivity index (χ1v) is 11.5. The summed E-state index contributed by atoms with van der Waals surface area (Å²) in [7, 11) is -4.02. The maximum Gasteiger partial charge on any atom is 0.264 e. The van der Waals surface area contributed by atoms with Crippen molar-refractivity contribution in [3.8, 4) is 5.75 Å². The van der Waals surface area contributed by atoms with Crippen molar-refractivity contribution in [1.29, 1.82) is 0 Å². The number of nitrogens with zero attached hydrogens (tertiary/aromatic N) is 1. The molecule has 0 aromatic heterocycles. The van der Waals surface area contributed by atoms with Gasteiger partial charge >= 0.3 is 0 Å². The number of benzene rings is 3. The molecule has 31 heavy (non-hydrogen) atoms. The highest BCUT2D eigenvalue weighted by molar-refractivity contribution is 7.92. The molecule has 0 aliphatic heterocycles. The van der Waals surface area contributed by atoms with Crippen molar-refractivity contribution in [2.45, 2.75) is 18.7 Å². The van der Waals surface area contributed by atoms with Crippen LogP contribution in [0.25, 0.3) is 0 Å². The van der Waals surface area contributed by atoms with E-state index < -0.39 is 22.5 Å². The molecule has 0 aliphatic rings. The van der Waals surface area contributed by atoms with Crippen LogP contribution < -0.4 is 14.4 Å². The van der Waals surface area contributed by atoms with Crippen LogP contribution in [-0.4, -0.2) is 27.5 Å². The highest BCUT2D eigenvalue weighted by Gasteiger charge is 2.29. The minimum absolute atomic E-state index is 0.0805. The third-order valence-electron chi connectivity index (χ3n) is 4.59. The van der Waals surface area contributed by atoms with Gasteiger partial charge in [-0.05, 0) is 55.8 Å². The van der Waals surface area contributed by atoms with Crippen LogP contribution in [0.5, 0.6) is 5.75 Å². The van der Waals surface area contributed by atoms with Gasteiger partial charge in [-0.1, -0.05) is 48.0 Å². The average molecular weight is 459 g/mol. The molecule has 0 saturated carbocycles. The number of amides is 1. The van der Waals surface area contributed by atoms with E-state index in [0.29, 0.717) is 34.3 Å². The number of carbonyl (C=O) groups excluding carboxylic acids is 1. The van der Waals surface area contributed by atoms with Gasteiger partial charge in [0, 0.05) is 5.02 Å². The van der Waals surface area contributed by atoms with Gasteiger partial charge in [-0.2, -0.15) is 0 Å². The minimum atomic E-state index is -4.02. The number of rotatable bonds is 8. The van der Waals surface area contributed by atoms with E-state index in [2.05, 4.69) is 5.32 Å². The average Bonchev–Trinajstić information content (AvgIpc) is 2.76. The predicted molar refractivity (Wildman–Crippen MR) is 123 cm³/mol. The Hall–Kier alpha value is -3.03. The maximum absolute atomic E-state index is 13.4. The maximum atomic E-state index is 13.4. The van der Waals surface area contributed by atoms with Crippen LogP contribution in [0, 0.1) is 6.92 Å². The Morgan fingerprint density at radius 3 is 2.39 bits per heavy atom. The van der Waals surface area contributed by atoms with Crippen molar-refractivity contribution < 1.29 is 17.9 Å². The lowest BCUT2D eigenvalue weighted by Crippen LogP contribution is -2.38. The number of halogens is 1. The zero-order valence-corrected chi connectivity index (χ0v) is 18.8. The lowest BCUT2D eigenvalue weighted by atomic mass is 10.2. The van der Waals surface area contributed by atoms with Crippen molar-refractivity contribution in [2.75, 3.05) is 22.8 Å². The lowest BCUT2D eigenvalue weighted by molar-refractivity contribution is -0.114. The minimum Gasteiger partial charge on any atom is -0.492 e. The van der Waals surface area contributed by atoms with E-state index in [9.17, 15) is 13.2 Å². The van der Waals surface area contributed by atoms with Gasteiger partial charge in [0.05, 0.1) is 22.9 Å². The second-order valence-electron chi connectivity index (χ2n) is 6.69. The van der Waals surface area contributed by atoms with Crippen LogP contribution in [-0.2, 0) is 14.8 Å². The molecule has 0 unspecified atom stereocenters. The summed E-state index contributed by atoms with van der Waals surface area (Å²) in [4.78, 5) is 13.0. The number of carbonyl (C=O) groups is 1. The number of hydrogen-bond acceptors (Lipinski definition) is 4. The molecule has 1 N–H and O–H groups in total. The largest absolute Gasteiger partial charge is 0.492 e. The quantitative estimate of drug-likeness (QED) is 0.522. The molecule has 6 nitrogen and oxygen atoms in total. The van der Waals surface area contributed by atoms with Crippen LogP contribution in [0.2, 0.25) is 5.02 Å². The molecule has 1 amide bonds. The number of sulfonamides is 1. The molecule has 0 atom stereocenters. The highest BCUT2D eigenvalue weighted by Crippen LogP contribution is 2.31. The summed E-state index contributed by atoms with van der Waals surface area (Å²) in [6, 6.07) is 19.9. The van der Waals surface area contributed by atoms with Gasteiger partial charge in [-0.3, -0.25) is 9.10 Å². The number of ether oxygens (including phenoxy) is 1. The SMILES string of the molecule is CCOc1ccccc1NC(=O)CN(c1cccc(Cl)c1C)S(=O)(=O)c1ccccc1. The smallest absolute Gasteiger partial charge is 0.264 e. The van der Waals surface area contributed by atoms with Gasteiger partial charge in [-0.25, -0.2) is 8.42 Å². The van der Waals surface area contributed by atoms with Crippen LogP contribution in [0.15, 0.2) is 77.7 Å². The molecule has 162 valence electrons. The van der Waals surface area contributed by atoms with E-state index in [0.717, 1.165) is 4.31 Å². The molecule has 0 bridgehead atoms. The fraction of sp³-hybridized carbons (Fsp3) is 0.174. The Morgan fingerprint density at radius 1 is 1.00 bits per heavy atom. The molecular weight excluding hydrogens is 436 g/mol. The Bertz CT molecular complexity index is 1170. The van der Waals surface area contributed by atoms with Crippen molar-refractivity contribution in [3.05, 3.63) is 83.4 Å². The topological polar surface area (TPSA) is 75.7 Å². The molecule has 8 heteroatoms. The molecule has 0 spiro atoms. The molecule has 0 aliphatic carbocycles. The summed E-state index contributed by atoms with van der Waals surface area (Å²) in [6.45, 7) is 3.56. The standard InChI is InChI=1S/C23H23ClN2O4S/c1-3-30-22-15-8-7-13-20(22)25-23(27)16-26(21-14-9-12-19(24)17(21)2)31(28,29)18-10-5-4-6-11-18/h4-15H,3,16H2,1-2H3,(H,25,27). The van der Waals surface area contributed by atoms with E-state index in [1.807, 2.05) is 6.92 Å². The van der Waals surface area contributed by atoms with E-state index in [4.69, 9.17) is 16.3 Å². The summed E-state index contributed by atoms with van der Waals surface area (Å²) >= 11 is 6.24. The summed E-state index contributed by atoms with van der Waals surface area (Å²) in [5.41, 5.74) is 1.37. The zero-order chi connectivity index (χ0) is 22.4. The Kier molecular flexibility index (Phi) is 7.20. The van der Waals surface area contributed by atoms with Gasteiger partial charge in [0.25, 0.3) is 10.0 Å². The van der Waals surface area contributed by atoms with E-state index >= 15 is 0 Å². The van der Waals surface area contributed by atoms with Gasteiger partial charge in [0.15, 0.2) is 0 Å². The van der Waals surface area contributed by atoms with E-state index in [-0.39, 0.29) is 4.90 Å². The molecule has 3 aromatic carbocycles. The molecule has 0 radical (unpaired) electrons. The first-order valence-electron chi connectivity index (χ1n) is 9.69. The number of nitrogens with one attached hydrogen (secondary N) is 1. The van der Waals surface area contributed by atoms with Crippen LogP contribution in [0.3, 0.4) is 0 Å². The first kappa shape index (κ1) is 22.7.